The van der Waals surface area contributed by atoms with E-state index >= 15 is 0 Å². The summed E-state index contributed by atoms with van der Waals surface area (Å²) in [4.78, 5) is 4.55. The van der Waals surface area contributed by atoms with Crippen molar-refractivity contribution in [1.29, 1.82) is 0 Å². The Morgan fingerprint density at radius 3 is 2.92 bits per heavy atom. The van der Waals surface area contributed by atoms with Crippen LogP contribution in [0.5, 0.6) is 0 Å². The van der Waals surface area contributed by atoms with Gasteiger partial charge in [0.2, 0.25) is 0 Å². The molecule has 7 heteroatoms. The SMILES string of the molecule is CCNC(=NCc1ccc(F)c(C)c1)NCCCOCC1CCOC1.I. The van der Waals surface area contributed by atoms with E-state index in [1.54, 1.807) is 13.0 Å². The van der Waals surface area contributed by atoms with Crippen molar-refractivity contribution in [1.82, 2.24) is 10.6 Å². The maximum atomic E-state index is 13.3. The van der Waals surface area contributed by atoms with Gasteiger partial charge in [0.05, 0.1) is 19.8 Å². The molecule has 5 nitrogen and oxygen atoms in total. The van der Waals surface area contributed by atoms with Gasteiger partial charge in [-0.15, -0.1) is 24.0 Å². The molecule has 2 rings (SSSR count). The molecule has 0 aliphatic carbocycles. The second-order valence-electron chi connectivity index (χ2n) is 6.36. The minimum absolute atomic E-state index is 0. The lowest BCUT2D eigenvalue weighted by Gasteiger charge is -2.12. The second kappa shape index (κ2) is 13.3. The molecule has 1 heterocycles. The van der Waals surface area contributed by atoms with E-state index in [0.717, 1.165) is 63.9 Å². The molecule has 0 saturated carbocycles. The van der Waals surface area contributed by atoms with Crippen LogP contribution in [0.2, 0.25) is 0 Å². The van der Waals surface area contributed by atoms with Gasteiger partial charge in [0, 0.05) is 32.2 Å². The zero-order valence-electron chi connectivity index (χ0n) is 15.7. The summed E-state index contributed by atoms with van der Waals surface area (Å²) in [6.45, 7) is 9.15. The molecular formula is C19H31FIN3O2. The summed E-state index contributed by atoms with van der Waals surface area (Å²) in [5, 5.41) is 6.53. The summed E-state index contributed by atoms with van der Waals surface area (Å²) in [5.74, 6) is 1.15. The molecule has 0 amide bonds. The Morgan fingerprint density at radius 2 is 2.23 bits per heavy atom. The number of aryl methyl sites for hydroxylation is 1. The Balaban J connectivity index is 0.00000338. The summed E-state index contributed by atoms with van der Waals surface area (Å²) in [7, 11) is 0. The summed E-state index contributed by atoms with van der Waals surface area (Å²) in [5.41, 5.74) is 1.65. The van der Waals surface area contributed by atoms with Gasteiger partial charge in [0.15, 0.2) is 5.96 Å². The van der Waals surface area contributed by atoms with Crippen molar-refractivity contribution < 1.29 is 13.9 Å². The largest absolute Gasteiger partial charge is 0.381 e. The first-order chi connectivity index (χ1) is 12.2. The molecule has 2 N–H and O–H groups in total. The third-order valence-corrected chi connectivity index (χ3v) is 4.12. The lowest BCUT2D eigenvalue weighted by molar-refractivity contribution is 0.0888. The number of hydrogen-bond acceptors (Lipinski definition) is 3. The lowest BCUT2D eigenvalue weighted by Crippen LogP contribution is -2.38. The number of ether oxygens (including phenoxy) is 2. The number of aliphatic imine (C=N–C) groups is 1. The molecular weight excluding hydrogens is 448 g/mol. The van der Waals surface area contributed by atoms with E-state index in [0.29, 0.717) is 18.0 Å². The van der Waals surface area contributed by atoms with Gasteiger partial charge in [0.1, 0.15) is 5.82 Å². The molecule has 1 aromatic rings. The van der Waals surface area contributed by atoms with Crippen LogP contribution < -0.4 is 10.6 Å². The summed E-state index contributed by atoms with van der Waals surface area (Å²) in [6.07, 6.45) is 2.03. The minimum atomic E-state index is -0.179. The summed E-state index contributed by atoms with van der Waals surface area (Å²) in [6, 6.07) is 5.10. The number of rotatable bonds is 9. The van der Waals surface area contributed by atoms with Crippen molar-refractivity contribution >= 4 is 29.9 Å². The monoisotopic (exact) mass is 479 g/mol. The fraction of sp³-hybridized carbons (Fsp3) is 0.632. The molecule has 1 atom stereocenters. The third kappa shape index (κ3) is 8.64. The number of halogens is 2. The van der Waals surface area contributed by atoms with Crippen LogP contribution >= 0.6 is 24.0 Å². The van der Waals surface area contributed by atoms with E-state index < -0.39 is 0 Å². The van der Waals surface area contributed by atoms with Crippen LogP contribution in [0.1, 0.15) is 30.9 Å². The Kier molecular flexibility index (Phi) is 11.8. The van der Waals surface area contributed by atoms with Crippen LogP contribution in [-0.4, -0.2) is 45.5 Å². The third-order valence-electron chi connectivity index (χ3n) is 4.12. The zero-order chi connectivity index (χ0) is 17.9. The van der Waals surface area contributed by atoms with Crippen LogP contribution in [-0.2, 0) is 16.0 Å². The molecule has 0 radical (unpaired) electrons. The molecule has 148 valence electrons. The molecule has 0 bridgehead atoms. The topological polar surface area (TPSA) is 54.9 Å². The first kappa shape index (κ1) is 23.1. The van der Waals surface area contributed by atoms with Gasteiger partial charge in [-0.25, -0.2) is 9.38 Å². The van der Waals surface area contributed by atoms with Crippen molar-refractivity contribution in [2.45, 2.75) is 33.2 Å². The number of benzene rings is 1. The van der Waals surface area contributed by atoms with Crippen LogP contribution in [0.25, 0.3) is 0 Å². The maximum absolute atomic E-state index is 13.3. The van der Waals surface area contributed by atoms with Crippen molar-refractivity contribution in [3.05, 3.63) is 35.1 Å². The predicted molar refractivity (Wildman–Crippen MR) is 114 cm³/mol. The molecule has 1 fully saturated rings. The van der Waals surface area contributed by atoms with Crippen LogP contribution in [0.3, 0.4) is 0 Å². The second-order valence-corrected chi connectivity index (χ2v) is 6.36. The first-order valence-electron chi connectivity index (χ1n) is 9.11. The van der Waals surface area contributed by atoms with E-state index in [1.165, 1.54) is 6.07 Å². The van der Waals surface area contributed by atoms with Gasteiger partial charge in [-0.3, -0.25) is 0 Å². The molecule has 1 saturated heterocycles. The van der Waals surface area contributed by atoms with Gasteiger partial charge in [0.25, 0.3) is 0 Å². The predicted octanol–water partition coefficient (Wildman–Crippen LogP) is 3.25. The fourth-order valence-corrected chi connectivity index (χ4v) is 2.66. The standard InChI is InChI=1S/C19H30FN3O2.HI/c1-3-21-19(23-12-16-5-6-18(20)15(2)11-16)22-8-4-9-24-13-17-7-10-25-14-17;/h5-6,11,17H,3-4,7-10,12-14H2,1-2H3,(H2,21,22,23);1H. The highest BCUT2D eigenvalue weighted by atomic mass is 127. The highest BCUT2D eigenvalue weighted by Crippen LogP contribution is 2.12. The first-order valence-corrected chi connectivity index (χ1v) is 9.11. The van der Waals surface area contributed by atoms with Gasteiger partial charge in [-0.2, -0.15) is 0 Å². The molecule has 0 spiro atoms. The molecule has 1 unspecified atom stereocenters. The van der Waals surface area contributed by atoms with Gasteiger partial charge in [-0.1, -0.05) is 12.1 Å². The normalized spacial score (nSPS) is 17.0. The van der Waals surface area contributed by atoms with Crippen LogP contribution in [0, 0.1) is 18.7 Å². The Hall–Kier alpha value is -0.930. The number of guanidine groups is 1. The molecule has 26 heavy (non-hydrogen) atoms. The van der Waals surface area contributed by atoms with Gasteiger partial charge >= 0.3 is 0 Å². The zero-order valence-corrected chi connectivity index (χ0v) is 18.1. The number of nitrogens with zero attached hydrogens (tertiary/aromatic N) is 1. The molecule has 1 aromatic carbocycles. The summed E-state index contributed by atoms with van der Waals surface area (Å²) < 4.78 is 24.3. The van der Waals surface area contributed by atoms with Crippen molar-refractivity contribution in [2.24, 2.45) is 10.9 Å². The van der Waals surface area contributed by atoms with Crippen molar-refractivity contribution in [3.8, 4) is 0 Å². The number of nitrogens with one attached hydrogen (secondary N) is 2. The van der Waals surface area contributed by atoms with E-state index in [-0.39, 0.29) is 29.8 Å². The Morgan fingerprint density at radius 1 is 1.38 bits per heavy atom. The minimum Gasteiger partial charge on any atom is -0.381 e. The average molecular weight is 479 g/mol. The van der Waals surface area contributed by atoms with E-state index in [1.807, 2.05) is 13.0 Å². The molecule has 1 aliphatic heterocycles. The highest BCUT2D eigenvalue weighted by Gasteiger charge is 2.15. The summed E-state index contributed by atoms with van der Waals surface area (Å²) >= 11 is 0. The fourth-order valence-electron chi connectivity index (χ4n) is 2.66. The Labute approximate surface area is 173 Å². The number of hydrogen-bond donors (Lipinski definition) is 2. The average Bonchev–Trinajstić information content (AvgIpc) is 3.12. The Bertz CT molecular complexity index is 552. The maximum Gasteiger partial charge on any atom is 0.191 e. The molecule has 0 aromatic heterocycles. The lowest BCUT2D eigenvalue weighted by atomic mass is 10.1. The van der Waals surface area contributed by atoms with Crippen molar-refractivity contribution in [3.63, 3.8) is 0 Å². The van der Waals surface area contributed by atoms with E-state index in [2.05, 4.69) is 15.6 Å². The van der Waals surface area contributed by atoms with Crippen LogP contribution in [0.15, 0.2) is 23.2 Å². The van der Waals surface area contributed by atoms with Gasteiger partial charge in [-0.05, 0) is 43.9 Å². The quantitative estimate of drug-likeness (QED) is 0.247. The van der Waals surface area contributed by atoms with Crippen molar-refractivity contribution in [2.75, 3.05) is 39.5 Å². The van der Waals surface area contributed by atoms with Gasteiger partial charge < -0.3 is 20.1 Å². The molecule has 1 aliphatic rings. The van der Waals surface area contributed by atoms with Crippen LogP contribution in [0.4, 0.5) is 4.39 Å². The highest BCUT2D eigenvalue weighted by molar-refractivity contribution is 14.0. The van der Waals surface area contributed by atoms with E-state index in [4.69, 9.17) is 9.47 Å². The smallest absolute Gasteiger partial charge is 0.191 e. The van der Waals surface area contributed by atoms with E-state index in [9.17, 15) is 4.39 Å².